The lowest BCUT2D eigenvalue weighted by molar-refractivity contribution is 0.00578. The highest BCUT2D eigenvalue weighted by molar-refractivity contribution is 6.62. The monoisotopic (exact) mass is 1470 g/mol. The van der Waals surface area contributed by atoms with Crippen molar-refractivity contribution >= 4 is 68.9 Å². The minimum atomic E-state index is -0.364. The van der Waals surface area contributed by atoms with Gasteiger partial charge in [-0.3, -0.25) is 13.7 Å². The summed E-state index contributed by atoms with van der Waals surface area (Å²) in [6.07, 6.45) is 0. The molecule has 13 aromatic carbocycles. The van der Waals surface area contributed by atoms with E-state index in [9.17, 15) is 0 Å². The highest BCUT2D eigenvalue weighted by Crippen LogP contribution is 2.39. The largest absolute Gasteiger partial charge is 0.494 e. The van der Waals surface area contributed by atoms with Gasteiger partial charge in [0.2, 0.25) is 10.6 Å². The van der Waals surface area contributed by atoms with E-state index in [2.05, 4.69) is 263 Å². The molecule has 14 nitrogen and oxygen atoms in total. The number of halogens is 2. The first kappa shape index (κ1) is 69.9. The Kier molecular flexibility index (Phi) is 19.2. The Hall–Kier alpha value is -13.1. The quantitative estimate of drug-likeness (QED) is 0.102. The van der Waals surface area contributed by atoms with E-state index in [1.54, 1.807) is 0 Å². The lowest BCUT2D eigenvalue weighted by Crippen LogP contribution is -2.41. The summed E-state index contributed by atoms with van der Waals surface area (Å²) in [5.74, 6) is 4.93. The SMILES string of the molecule is CC1(C)OB(c2ccc(-n3c(-c4ccccc4)nc4ccccc43)cc2)OC1(C)C.Clc1nc(Cl)nc(-c2cccc(-c3ccccc3)c2)n1.c1ccc(-c2cccc(-c3nc(-c4ccc(-n5c(-c6ccccc6)nc6ccccc65)cc4)nc(-c4ccc(-n5c(-c6ccccc6)nc6ccccc65)cc4)n3)c2)cc1. The molecular weight excluding hydrogens is 1400 g/mol. The fraction of sp³-hybridized carbons (Fsp3) is 0.0645. The van der Waals surface area contributed by atoms with Gasteiger partial charge < -0.3 is 9.31 Å². The molecule has 1 saturated heterocycles. The van der Waals surface area contributed by atoms with Gasteiger partial charge in [-0.25, -0.2) is 29.9 Å². The highest BCUT2D eigenvalue weighted by atomic mass is 35.5. The van der Waals surface area contributed by atoms with Crippen molar-refractivity contribution in [2.75, 3.05) is 0 Å². The zero-order chi connectivity index (χ0) is 74.7. The molecule has 18 aromatic rings. The summed E-state index contributed by atoms with van der Waals surface area (Å²) in [6.45, 7) is 8.30. The zero-order valence-corrected chi connectivity index (χ0v) is 61.9. The smallest absolute Gasteiger partial charge is 0.399 e. The zero-order valence-electron chi connectivity index (χ0n) is 60.4. The molecule has 1 aliphatic heterocycles. The van der Waals surface area contributed by atoms with Crippen LogP contribution in [0.15, 0.2) is 346 Å². The molecule has 1 fully saturated rings. The normalized spacial score (nSPS) is 12.9. The van der Waals surface area contributed by atoms with Crippen molar-refractivity contribution in [2.24, 2.45) is 0 Å². The molecule has 0 atom stereocenters. The molecular formula is C93H69BCl2N12O2. The van der Waals surface area contributed by atoms with E-state index in [1.165, 1.54) is 0 Å². The van der Waals surface area contributed by atoms with Crippen LogP contribution in [-0.4, -0.2) is 76.9 Å². The van der Waals surface area contributed by atoms with E-state index in [0.717, 1.165) is 134 Å². The topological polar surface area (TPSA) is 149 Å². The van der Waals surface area contributed by atoms with Gasteiger partial charge in [0.15, 0.2) is 23.3 Å². The van der Waals surface area contributed by atoms with Gasteiger partial charge in [-0.05, 0) is 188 Å². The van der Waals surface area contributed by atoms with Gasteiger partial charge >= 0.3 is 7.12 Å². The first-order chi connectivity index (χ1) is 53.8. The second-order valence-electron chi connectivity index (χ2n) is 27.5. The maximum absolute atomic E-state index is 6.20. The lowest BCUT2D eigenvalue weighted by Gasteiger charge is -2.32. The first-order valence-corrected chi connectivity index (χ1v) is 37.0. The molecule has 0 amide bonds. The molecule has 530 valence electrons. The highest BCUT2D eigenvalue weighted by Gasteiger charge is 2.51. The average molecular weight is 1470 g/mol. The van der Waals surface area contributed by atoms with Crippen LogP contribution in [0.3, 0.4) is 0 Å². The minimum Gasteiger partial charge on any atom is -0.399 e. The Morgan fingerprint density at radius 3 is 0.864 bits per heavy atom. The molecule has 19 rings (SSSR count). The lowest BCUT2D eigenvalue weighted by atomic mass is 9.79. The number of rotatable bonds is 13. The number of imidazole rings is 3. The minimum absolute atomic E-state index is 0.0881. The van der Waals surface area contributed by atoms with Crippen LogP contribution >= 0.6 is 23.2 Å². The summed E-state index contributed by atoms with van der Waals surface area (Å²) in [6, 6.07) is 118. The average Bonchev–Trinajstić information content (AvgIpc) is 1.58. The van der Waals surface area contributed by atoms with Gasteiger partial charge in [0, 0.05) is 56.0 Å². The second-order valence-corrected chi connectivity index (χ2v) is 28.2. The predicted molar refractivity (Wildman–Crippen MR) is 445 cm³/mol. The van der Waals surface area contributed by atoms with Gasteiger partial charge in [-0.15, -0.1) is 0 Å². The van der Waals surface area contributed by atoms with Crippen molar-refractivity contribution in [3.05, 3.63) is 356 Å². The predicted octanol–water partition coefficient (Wildman–Crippen LogP) is 22.1. The van der Waals surface area contributed by atoms with Crippen LogP contribution in [0.5, 0.6) is 0 Å². The third-order valence-corrected chi connectivity index (χ3v) is 20.2. The fourth-order valence-corrected chi connectivity index (χ4v) is 14.0. The summed E-state index contributed by atoms with van der Waals surface area (Å²) in [4.78, 5) is 42.3. The third kappa shape index (κ3) is 14.4. The maximum atomic E-state index is 6.20. The Bertz CT molecular complexity index is 6090. The molecule has 0 unspecified atom stereocenters. The number of para-hydroxylation sites is 6. The van der Waals surface area contributed by atoms with E-state index < -0.39 is 0 Å². The van der Waals surface area contributed by atoms with Gasteiger partial charge in [-0.2, -0.15) is 15.0 Å². The second kappa shape index (κ2) is 30.2. The van der Waals surface area contributed by atoms with Gasteiger partial charge in [0.1, 0.15) is 17.5 Å². The molecule has 0 radical (unpaired) electrons. The molecule has 0 saturated carbocycles. The molecule has 0 bridgehead atoms. The van der Waals surface area contributed by atoms with Crippen molar-refractivity contribution in [2.45, 2.75) is 38.9 Å². The Balaban J connectivity index is 0.000000145. The van der Waals surface area contributed by atoms with Gasteiger partial charge in [0.05, 0.1) is 44.3 Å². The number of fused-ring (bicyclic) bond motifs is 3. The van der Waals surface area contributed by atoms with Crippen molar-refractivity contribution in [1.82, 2.24) is 58.6 Å². The van der Waals surface area contributed by atoms with Crippen LogP contribution < -0.4 is 5.46 Å². The van der Waals surface area contributed by atoms with E-state index in [-0.39, 0.29) is 28.9 Å². The number of hydrogen-bond acceptors (Lipinski definition) is 11. The van der Waals surface area contributed by atoms with Crippen molar-refractivity contribution in [3.63, 3.8) is 0 Å². The van der Waals surface area contributed by atoms with Crippen LogP contribution in [0, 0.1) is 0 Å². The van der Waals surface area contributed by atoms with Crippen molar-refractivity contribution < 1.29 is 9.31 Å². The first-order valence-electron chi connectivity index (χ1n) is 36.2. The van der Waals surface area contributed by atoms with Gasteiger partial charge in [0.25, 0.3) is 0 Å². The Labute approximate surface area is 646 Å². The summed E-state index contributed by atoms with van der Waals surface area (Å²) < 4.78 is 19.0. The van der Waals surface area contributed by atoms with Crippen molar-refractivity contribution in [1.29, 1.82) is 0 Å². The standard InChI is InChI=1S/C53H35N7.C25H25BN2O2.C15H9Cl2N3/c1-4-15-36(16-5-1)41-21-14-22-42(35-41)51-57-49(37-27-31-43(32-28-37)59-47-25-12-10-23-45(47)54-52(59)39-17-6-2-7-18-39)56-50(58-51)38-29-33-44(34-30-38)60-48-26-13-11-24-46(48)55-53(60)40-19-8-3-9-20-40;1-24(2)25(3,4)30-26(29-24)19-14-16-20(17-15-19)28-22-13-9-8-12-21(22)27-23(28)18-10-6-5-7-11-18;16-14-18-13(19-15(17)20-14)12-8-4-7-11(9-12)10-5-2-1-3-6-10/h1-35H;5-17H,1-4H3;1-9H. The third-order valence-electron chi connectivity index (χ3n) is 19.9. The summed E-state index contributed by atoms with van der Waals surface area (Å²) in [5, 5.41) is 0.176. The molecule has 110 heavy (non-hydrogen) atoms. The summed E-state index contributed by atoms with van der Waals surface area (Å²) in [7, 11) is -0.364. The molecule has 17 heteroatoms. The molecule has 0 spiro atoms. The Morgan fingerprint density at radius 2 is 0.518 bits per heavy atom. The van der Waals surface area contributed by atoms with Crippen LogP contribution in [0.25, 0.3) is 152 Å². The van der Waals surface area contributed by atoms with Crippen LogP contribution in [-0.2, 0) is 9.31 Å². The molecule has 0 aliphatic carbocycles. The summed E-state index contributed by atoms with van der Waals surface area (Å²) >= 11 is 11.6. The van der Waals surface area contributed by atoms with Crippen LogP contribution in [0.4, 0.5) is 0 Å². The van der Waals surface area contributed by atoms with Gasteiger partial charge in [-0.1, -0.05) is 237 Å². The van der Waals surface area contributed by atoms with Crippen molar-refractivity contribution in [3.8, 4) is 119 Å². The van der Waals surface area contributed by atoms with Crippen LogP contribution in [0.1, 0.15) is 27.7 Å². The number of hydrogen-bond donors (Lipinski definition) is 0. The molecule has 6 heterocycles. The van der Waals surface area contributed by atoms with E-state index in [4.69, 9.17) is 62.4 Å². The number of benzene rings is 13. The van der Waals surface area contributed by atoms with Crippen LogP contribution in [0.2, 0.25) is 10.6 Å². The van der Waals surface area contributed by atoms with E-state index in [0.29, 0.717) is 23.3 Å². The maximum Gasteiger partial charge on any atom is 0.494 e. The summed E-state index contributed by atoms with van der Waals surface area (Å²) in [5.41, 5.74) is 20.5. The van der Waals surface area contributed by atoms with E-state index in [1.807, 2.05) is 140 Å². The number of aromatic nitrogens is 12. The molecule has 1 aliphatic rings. The fourth-order valence-electron chi connectivity index (χ4n) is 13.6. The van der Waals surface area contributed by atoms with E-state index >= 15 is 0 Å². The molecule has 5 aromatic heterocycles. The molecule has 0 N–H and O–H groups in total. The number of nitrogens with zero attached hydrogens (tertiary/aromatic N) is 12. The Morgan fingerprint density at radius 1 is 0.245 bits per heavy atom.